The van der Waals surface area contributed by atoms with Crippen molar-refractivity contribution < 1.29 is 4.74 Å². The zero-order valence-corrected chi connectivity index (χ0v) is 11.9. The van der Waals surface area contributed by atoms with Crippen LogP contribution in [0, 0.1) is 50.2 Å². The Morgan fingerprint density at radius 3 is 2.11 bits per heavy atom. The Kier molecular flexibility index (Phi) is 2.32. The molecule has 18 heavy (non-hydrogen) atoms. The van der Waals surface area contributed by atoms with Gasteiger partial charge in [0.2, 0.25) is 11.3 Å². The quantitative estimate of drug-likeness (QED) is 0.687. The van der Waals surface area contributed by atoms with Crippen LogP contribution in [-0.2, 0) is 4.74 Å². The summed E-state index contributed by atoms with van der Waals surface area (Å²) >= 11 is 2.93. The van der Waals surface area contributed by atoms with E-state index in [4.69, 9.17) is 4.74 Å². The summed E-state index contributed by atoms with van der Waals surface area (Å²) in [5, 5.41) is 28.7. The van der Waals surface area contributed by atoms with Crippen molar-refractivity contribution in [2.24, 2.45) is 20.3 Å². The van der Waals surface area contributed by atoms with Crippen molar-refractivity contribution in [1.82, 2.24) is 0 Å². The van der Waals surface area contributed by atoms with Crippen molar-refractivity contribution >= 4 is 22.0 Å². The maximum atomic E-state index is 9.66. The fourth-order valence-corrected chi connectivity index (χ4v) is 4.00. The van der Waals surface area contributed by atoms with Crippen molar-refractivity contribution in [3.8, 4) is 18.2 Å². The molecule has 2 rings (SSSR count). The van der Waals surface area contributed by atoms with Crippen molar-refractivity contribution in [3.63, 3.8) is 0 Å². The van der Waals surface area contributed by atoms with Crippen molar-refractivity contribution in [1.29, 1.82) is 15.8 Å². The second-order valence-corrected chi connectivity index (χ2v) is 5.97. The number of fused-ring (bicyclic) bond motifs is 2. The zero-order chi connectivity index (χ0) is 13.8. The molecule has 92 valence electrons. The fraction of sp³-hybridized carbons (Fsp3) is 0.667. The predicted octanol–water partition coefficient (Wildman–Crippen LogP) is 2.46. The molecule has 2 bridgehead atoms. The number of hydrogen-bond donors (Lipinski definition) is 0. The third-order valence-corrected chi connectivity index (χ3v) is 4.69. The fourth-order valence-electron chi connectivity index (χ4n) is 3.66. The van der Waals surface area contributed by atoms with Gasteiger partial charge in [-0.05, 0) is 18.8 Å². The van der Waals surface area contributed by atoms with Gasteiger partial charge in [0.15, 0.2) is 5.41 Å². The zero-order valence-electron chi connectivity index (χ0n) is 10.3. The van der Waals surface area contributed by atoms with Gasteiger partial charge in [0.1, 0.15) is 5.60 Å². The molecular formula is C12H11BrN4O. The van der Waals surface area contributed by atoms with Crippen molar-refractivity contribution in [3.05, 3.63) is 0 Å². The third kappa shape index (κ3) is 0.910. The first-order valence-corrected chi connectivity index (χ1v) is 6.14. The maximum absolute atomic E-state index is 9.66. The van der Waals surface area contributed by atoms with E-state index < -0.39 is 21.8 Å². The molecular weight excluding hydrogens is 296 g/mol. The molecule has 1 aliphatic carbocycles. The molecule has 1 saturated carbocycles. The molecule has 1 aliphatic heterocycles. The summed E-state index contributed by atoms with van der Waals surface area (Å²) in [7, 11) is 0. The van der Waals surface area contributed by atoms with Gasteiger partial charge >= 0.3 is 0 Å². The van der Waals surface area contributed by atoms with Crippen LogP contribution in [-0.4, -0.2) is 11.5 Å². The lowest BCUT2D eigenvalue weighted by molar-refractivity contribution is 0.0391. The van der Waals surface area contributed by atoms with E-state index in [1.54, 1.807) is 6.92 Å². The van der Waals surface area contributed by atoms with Crippen LogP contribution < -0.4 is 0 Å². The summed E-state index contributed by atoms with van der Waals surface area (Å²) in [6.07, 6.45) is 0.459. The first kappa shape index (κ1) is 12.9. The van der Waals surface area contributed by atoms with Gasteiger partial charge in [-0.1, -0.05) is 13.8 Å². The molecule has 0 aromatic rings. The topological polar surface area (TPSA) is 93.0 Å². The van der Waals surface area contributed by atoms with Crippen LogP contribution in [0.25, 0.3) is 0 Å². The molecule has 0 radical (unpaired) electrons. The molecule has 6 heteroatoms. The molecule has 0 spiro atoms. The van der Waals surface area contributed by atoms with E-state index in [-0.39, 0.29) is 5.90 Å². The average Bonchev–Trinajstić information content (AvgIpc) is 2.62. The van der Waals surface area contributed by atoms with E-state index in [9.17, 15) is 15.8 Å². The summed E-state index contributed by atoms with van der Waals surface area (Å²) in [6.45, 7) is 5.43. The molecule has 1 saturated heterocycles. The number of hydrogen-bond acceptors (Lipinski definition) is 5. The highest BCUT2D eigenvalue weighted by atomic mass is 79.9. The second-order valence-electron chi connectivity index (χ2n) is 5.62. The standard InChI is InChI=1S/C12H11BrN4O/c1-9(2)4-10(3)11(5-14,6-15)12(9,7-16)8(17-13)18-10/h4H2,1-3H3/t10-,12-/m0/s1. The highest BCUT2D eigenvalue weighted by Crippen LogP contribution is 2.72. The van der Waals surface area contributed by atoms with Crippen LogP contribution in [0.5, 0.6) is 0 Å². The van der Waals surface area contributed by atoms with E-state index in [0.717, 1.165) is 0 Å². The third-order valence-electron chi connectivity index (χ3n) is 4.37. The van der Waals surface area contributed by atoms with Gasteiger partial charge in [-0.25, -0.2) is 0 Å². The van der Waals surface area contributed by atoms with Gasteiger partial charge < -0.3 is 4.74 Å². The Balaban J connectivity index is 2.93. The molecule has 1 heterocycles. The number of nitrogens with zero attached hydrogens (tertiary/aromatic N) is 4. The van der Waals surface area contributed by atoms with E-state index in [0.29, 0.717) is 6.42 Å². The van der Waals surface area contributed by atoms with Crippen LogP contribution >= 0.6 is 16.1 Å². The van der Waals surface area contributed by atoms with Crippen LogP contribution in [0.15, 0.2) is 4.02 Å². The van der Waals surface area contributed by atoms with Gasteiger partial charge in [0.25, 0.3) is 0 Å². The van der Waals surface area contributed by atoms with Gasteiger partial charge in [-0.3, -0.25) is 0 Å². The largest absolute Gasteiger partial charge is 0.470 e. The van der Waals surface area contributed by atoms with Crippen LogP contribution in [0.4, 0.5) is 0 Å². The maximum Gasteiger partial charge on any atom is 0.220 e. The lowest BCUT2D eigenvalue weighted by Crippen LogP contribution is -2.47. The van der Waals surface area contributed by atoms with E-state index >= 15 is 0 Å². The molecule has 2 atom stereocenters. The van der Waals surface area contributed by atoms with Crippen LogP contribution in [0.3, 0.4) is 0 Å². The first-order chi connectivity index (χ1) is 8.30. The van der Waals surface area contributed by atoms with Crippen molar-refractivity contribution in [2.45, 2.75) is 32.8 Å². The molecule has 2 aliphatic rings. The van der Waals surface area contributed by atoms with Gasteiger partial charge in [0.05, 0.1) is 34.4 Å². The second kappa shape index (κ2) is 3.25. The summed E-state index contributed by atoms with van der Waals surface area (Å²) < 4.78 is 9.49. The Hall–Kier alpha value is -1.58. The number of halogens is 1. The molecule has 0 N–H and O–H groups in total. The Morgan fingerprint density at radius 1 is 1.17 bits per heavy atom. The molecule has 2 fully saturated rings. The Bertz CT molecular complexity index is 562. The number of nitriles is 3. The lowest BCUT2D eigenvalue weighted by atomic mass is 9.58. The minimum Gasteiger partial charge on any atom is -0.470 e. The van der Waals surface area contributed by atoms with Gasteiger partial charge in [-0.15, -0.1) is 0 Å². The summed E-state index contributed by atoms with van der Waals surface area (Å²) in [5.74, 6) is 0.131. The normalized spacial score (nSPS) is 40.6. The molecule has 0 amide bonds. The molecule has 5 nitrogen and oxygen atoms in total. The summed E-state index contributed by atoms with van der Waals surface area (Å²) in [4.78, 5) is 0. The lowest BCUT2D eigenvalue weighted by Gasteiger charge is -2.37. The molecule has 0 aromatic carbocycles. The van der Waals surface area contributed by atoms with E-state index in [1.807, 2.05) is 26.0 Å². The SMILES string of the molecule is CC1(C)C[C@]2(C)OC(=NBr)[C@]1(C#N)C2(C#N)C#N. The molecule has 0 aromatic heterocycles. The highest BCUT2D eigenvalue weighted by molar-refractivity contribution is 9.08. The highest BCUT2D eigenvalue weighted by Gasteiger charge is 2.85. The van der Waals surface area contributed by atoms with E-state index in [2.05, 4.69) is 26.2 Å². The van der Waals surface area contributed by atoms with Crippen molar-refractivity contribution in [2.75, 3.05) is 0 Å². The number of rotatable bonds is 0. The monoisotopic (exact) mass is 306 g/mol. The Labute approximate surface area is 114 Å². The minimum absolute atomic E-state index is 0.131. The van der Waals surface area contributed by atoms with E-state index in [1.165, 1.54) is 0 Å². The smallest absolute Gasteiger partial charge is 0.220 e. The van der Waals surface area contributed by atoms with Gasteiger partial charge in [-0.2, -0.15) is 19.8 Å². The molecule has 0 unspecified atom stereocenters. The van der Waals surface area contributed by atoms with Crippen LogP contribution in [0.1, 0.15) is 27.2 Å². The minimum atomic E-state index is -1.54. The van der Waals surface area contributed by atoms with Crippen LogP contribution in [0.2, 0.25) is 0 Å². The number of ether oxygens (including phenoxy) is 1. The summed E-state index contributed by atoms with van der Waals surface area (Å²) in [6, 6.07) is 6.21. The summed E-state index contributed by atoms with van der Waals surface area (Å²) in [5.41, 5.74) is -4.46. The van der Waals surface area contributed by atoms with Gasteiger partial charge in [0, 0.05) is 0 Å². The average molecular weight is 307 g/mol. The first-order valence-electron chi connectivity index (χ1n) is 5.43. The Morgan fingerprint density at radius 2 is 1.72 bits per heavy atom. The predicted molar refractivity (Wildman–Crippen MR) is 66.0 cm³/mol.